The van der Waals surface area contributed by atoms with E-state index in [0.29, 0.717) is 32.7 Å². The van der Waals surface area contributed by atoms with Crippen molar-refractivity contribution in [2.75, 3.05) is 26.3 Å². The Morgan fingerprint density at radius 3 is 2.53 bits per heavy atom. The van der Waals surface area contributed by atoms with Crippen molar-refractivity contribution in [3.8, 4) is 0 Å². The van der Waals surface area contributed by atoms with Crippen LogP contribution in [0.25, 0.3) is 0 Å². The van der Waals surface area contributed by atoms with Gasteiger partial charge in [0.15, 0.2) is 0 Å². The molecular weight excluding hydrogens is 264 g/mol. The molecule has 108 valence electrons. The molecule has 0 fully saturated rings. The topological polar surface area (TPSA) is 81.4 Å². The Hall–Kier alpha value is -0.950. The Labute approximate surface area is 115 Å². The van der Waals surface area contributed by atoms with Crippen LogP contribution < -0.4 is 10.5 Å². The normalized spacial score (nSPS) is 11.7. The third-order valence-electron chi connectivity index (χ3n) is 2.63. The van der Waals surface area contributed by atoms with Crippen molar-refractivity contribution in [3.05, 3.63) is 29.8 Å². The van der Waals surface area contributed by atoms with Gasteiger partial charge >= 0.3 is 0 Å². The van der Waals surface area contributed by atoms with E-state index in [1.165, 1.54) is 0 Å². The van der Waals surface area contributed by atoms with Gasteiger partial charge in [0.25, 0.3) is 0 Å². The number of rotatable bonds is 9. The maximum atomic E-state index is 12.0. The van der Waals surface area contributed by atoms with Crippen molar-refractivity contribution < 1.29 is 13.2 Å². The van der Waals surface area contributed by atoms with Gasteiger partial charge in [-0.05, 0) is 44.0 Å². The molecule has 0 unspecified atom stereocenters. The molecular formula is C13H22N2O3S. The molecule has 1 aromatic carbocycles. The second kappa shape index (κ2) is 8.27. The summed E-state index contributed by atoms with van der Waals surface area (Å²) in [6, 6.07) is 6.80. The summed E-state index contributed by atoms with van der Waals surface area (Å²) in [7, 11) is -3.42. The van der Waals surface area contributed by atoms with Gasteiger partial charge in [-0.3, -0.25) is 0 Å². The Morgan fingerprint density at radius 1 is 1.26 bits per heavy atom. The largest absolute Gasteiger partial charge is 0.382 e. The van der Waals surface area contributed by atoms with Gasteiger partial charge in [-0.1, -0.05) is 12.1 Å². The number of hydrogen-bond donors (Lipinski definition) is 2. The van der Waals surface area contributed by atoms with Gasteiger partial charge in [-0.25, -0.2) is 13.1 Å². The van der Waals surface area contributed by atoms with E-state index in [9.17, 15) is 8.42 Å². The van der Waals surface area contributed by atoms with Gasteiger partial charge in [0.05, 0.1) is 4.90 Å². The van der Waals surface area contributed by atoms with Crippen molar-refractivity contribution in [1.29, 1.82) is 0 Å². The Kier molecular flexibility index (Phi) is 7.01. The molecule has 0 atom stereocenters. The number of nitrogens with one attached hydrogen (secondary N) is 1. The van der Waals surface area contributed by atoms with E-state index in [0.717, 1.165) is 12.0 Å². The average molecular weight is 286 g/mol. The third-order valence-corrected chi connectivity index (χ3v) is 4.11. The first-order chi connectivity index (χ1) is 9.10. The smallest absolute Gasteiger partial charge is 0.240 e. The molecule has 0 radical (unpaired) electrons. The summed E-state index contributed by atoms with van der Waals surface area (Å²) in [5.74, 6) is 0. The highest BCUT2D eigenvalue weighted by Crippen LogP contribution is 2.10. The lowest BCUT2D eigenvalue weighted by Crippen LogP contribution is -2.25. The van der Waals surface area contributed by atoms with E-state index in [4.69, 9.17) is 10.5 Å². The van der Waals surface area contributed by atoms with Gasteiger partial charge in [-0.15, -0.1) is 0 Å². The fraction of sp³-hybridized carbons (Fsp3) is 0.538. The minimum atomic E-state index is -3.42. The van der Waals surface area contributed by atoms with E-state index in [-0.39, 0.29) is 4.90 Å². The summed E-state index contributed by atoms with van der Waals surface area (Å²) in [5, 5.41) is 0. The predicted octanol–water partition coefficient (Wildman–Crippen LogP) is 0.893. The minimum Gasteiger partial charge on any atom is -0.382 e. The maximum absolute atomic E-state index is 12.0. The fourth-order valence-electron chi connectivity index (χ4n) is 1.61. The van der Waals surface area contributed by atoms with Crippen molar-refractivity contribution in [1.82, 2.24) is 4.72 Å². The molecule has 0 aliphatic rings. The number of hydrogen-bond acceptors (Lipinski definition) is 4. The fourth-order valence-corrected chi connectivity index (χ4v) is 2.68. The standard InChI is InChI=1S/C13H22N2O3S/c1-2-18-11-3-10-15-19(16,17)13-6-4-12(5-7-13)8-9-14/h4-7,15H,2-3,8-11,14H2,1H3. The SMILES string of the molecule is CCOCCCNS(=O)(=O)c1ccc(CCN)cc1. The van der Waals surface area contributed by atoms with Crippen molar-refractivity contribution >= 4 is 10.0 Å². The van der Waals surface area contributed by atoms with Crippen LogP contribution in [0.4, 0.5) is 0 Å². The van der Waals surface area contributed by atoms with E-state index in [1.54, 1.807) is 24.3 Å². The summed E-state index contributed by atoms with van der Waals surface area (Å²) in [4.78, 5) is 0.282. The zero-order valence-electron chi connectivity index (χ0n) is 11.3. The van der Waals surface area contributed by atoms with E-state index >= 15 is 0 Å². The Balaban J connectivity index is 2.52. The molecule has 1 aromatic rings. The van der Waals surface area contributed by atoms with Crippen LogP contribution in [0.2, 0.25) is 0 Å². The Morgan fingerprint density at radius 2 is 1.95 bits per heavy atom. The van der Waals surface area contributed by atoms with Crippen LogP contribution in [0.5, 0.6) is 0 Å². The monoisotopic (exact) mass is 286 g/mol. The molecule has 5 nitrogen and oxygen atoms in total. The number of ether oxygens (including phenoxy) is 1. The van der Waals surface area contributed by atoms with Crippen LogP contribution in [-0.4, -0.2) is 34.7 Å². The number of nitrogens with two attached hydrogens (primary N) is 1. The van der Waals surface area contributed by atoms with Gasteiger partial charge in [0.2, 0.25) is 10.0 Å². The summed E-state index contributed by atoms with van der Waals surface area (Å²) in [5.41, 5.74) is 6.49. The maximum Gasteiger partial charge on any atom is 0.240 e. The summed E-state index contributed by atoms with van der Waals surface area (Å²) in [6.45, 7) is 4.06. The van der Waals surface area contributed by atoms with E-state index < -0.39 is 10.0 Å². The van der Waals surface area contributed by atoms with Crippen molar-refractivity contribution in [2.24, 2.45) is 5.73 Å². The molecule has 0 amide bonds. The zero-order valence-corrected chi connectivity index (χ0v) is 12.1. The second-order valence-corrected chi connectivity index (χ2v) is 5.90. The molecule has 1 rings (SSSR count). The van der Waals surface area contributed by atoms with Crippen LogP contribution in [0, 0.1) is 0 Å². The third kappa shape index (κ3) is 5.69. The lowest BCUT2D eigenvalue weighted by molar-refractivity contribution is 0.146. The van der Waals surface area contributed by atoms with Gasteiger partial charge in [0, 0.05) is 19.8 Å². The molecule has 6 heteroatoms. The van der Waals surface area contributed by atoms with Crippen LogP contribution >= 0.6 is 0 Å². The van der Waals surface area contributed by atoms with Crippen molar-refractivity contribution in [3.63, 3.8) is 0 Å². The second-order valence-electron chi connectivity index (χ2n) is 4.13. The zero-order chi connectivity index (χ0) is 14.1. The minimum absolute atomic E-state index is 0.282. The summed E-state index contributed by atoms with van der Waals surface area (Å²) >= 11 is 0. The molecule has 0 saturated carbocycles. The predicted molar refractivity (Wildman–Crippen MR) is 75.5 cm³/mol. The van der Waals surface area contributed by atoms with Crippen LogP contribution in [-0.2, 0) is 21.2 Å². The van der Waals surface area contributed by atoms with Gasteiger partial charge in [0.1, 0.15) is 0 Å². The number of sulfonamides is 1. The molecule has 0 aliphatic heterocycles. The van der Waals surface area contributed by atoms with Gasteiger partial charge in [-0.2, -0.15) is 0 Å². The molecule has 0 heterocycles. The van der Waals surface area contributed by atoms with Crippen LogP contribution in [0.1, 0.15) is 18.9 Å². The first kappa shape index (κ1) is 16.1. The molecule has 0 spiro atoms. The molecule has 0 saturated heterocycles. The average Bonchev–Trinajstić information content (AvgIpc) is 2.39. The Bertz CT molecular complexity index is 457. The highest BCUT2D eigenvalue weighted by Gasteiger charge is 2.12. The summed E-state index contributed by atoms with van der Waals surface area (Å²) in [6.07, 6.45) is 1.42. The van der Waals surface area contributed by atoms with Crippen LogP contribution in [0.3, 0.4) is 0 Å². The lowest BCUT2D eigenvalue weighted by Gasteiger charge is -2.07. The molecule has 19 heavy (non-hydrogen) atoms. The van der Waals surface area contributed by atoms with Crippen molar-refractivity contribution in [2.45, 2.75) is 24.7 Å². The molecule has 3 N–H and O–H groups in total. The first-order valence-electron chi connectivity index (χ1n) is 6.46. The van der Waals surface area contributed by atoms with E-state index in [2.05, 4.69) is 4.72 Å². The molecule has 0 aliphatic carbocycles. The van der Waals surface area contributed by atoms with E-state index in [1.807, 2.05) is 6.92 Å². The lowest BCUT2D eigenvalue weighted by atomic mass is 10.2. The quantitative estimate of drug-likeness (QED) is 0.661. The van der Waals surface area contributed by atoms with Gasteiger partial charge < -0.3 is 10.5 Å². The molecule has 0 aromatic heterocycles. The molecule has 0 bridgehead atoms. The number of benzene rings is 1. The highest BCUT2D eigenvalue weighted by atomic mass is 32.2. The van der Waals surface area contributed by atoms with Crippen LogP contribution in [0.15, 0.2) is 29.2 Å². The highest BCUT2D eigenvalue weighted by molar-refractivity contribution is 7.89. The first-order valence-corrected chi connectivity index (χ1v) is 7.95. The summed E-state index contributed by atoms with van der Waals surface area (Å²) < 4.78 is 31.6.